The Balaban J connectivity index is 2.55. The Labute approximate surface area is 120 Å². The van der Waals surface area contributed by atoms with Gasteiger partial charge < -0.3 is 10.2 Å². The third-order valence-electron chi connectivity index (χ3n) is 3.15. The largest absolute Gasteiger partial charge is 0.311 e. The first kappa shape index (κ1) is 15.8. The molecule has 1 aromatic carbocycles. The molecule has 1 rings (SSSR count). The van der Waals surface area contributed by atoms with Gasteiger partial charge in [0, 0.05) is 34.7 Å². The van der Waals surface area contributed by atoms with Crippen molar-refractivity contribution >= 4 is 23.2 Å². The van der Waals surface area contributed by atoms with Crippen molar-refractivity contribution in [2.24, 2.45) is 5.92 Å². The Hall–Kier alpha value is -0.280. The van der Waals surface area contributed by atoms with E-state index in [2.05, 4.69) is 38.2 Å². The molecule has 0 heterocycles. The third-order valence-corrected chi connectivity index (χ3v) is 3.86. The molecular weight excluding hydrogens is 267 g/mol. The van der Waals surface area contributed by atoms with Gasteiger partial charge in [-0.2, -0.15) is 0 Å². The van der Waals surface area contributed by atoms with Crippen LogP contribution in [0.4, 0.5) is 0 Å². The molecule has 1 unspecified atom stereocenters. The first-order valence-corrected chi connectivity index (χ1v) is 6.99. The molecule has 0 amide bonds. The van der Waals surface area contributed by atoms with Gasteiger partial charge in [-0.1, -0.05) is 43.1 Å². The number of halogens is 2. The first-order chi connectivity index (χ1) is 8.43. The van der Waals surface area contributed by atoms with Crippen LogP contribution in [0.15, 0.2) is 18.2 Å². The second-order valence-corrected chi connectivity index (χ2v) is 5.92. The molecule has 1 atom stereocenters. The van der Waals surface area contributed by atoms with Gasteiger partial charge in [0.15, 0.2) is 0 Å². The summed E-state index contributed by atoms with van der Waals surface area (Å²) < 4.78 is 0. The van der Waals surface area contributed by atoms with Gasteiger partial charge in [-0.3, -0.25) is 0 Å². The Morgan fingerprint density at radius 2 is 1.72 bits per heavy atom. The lowest BCUT2D eigenvalue weighted by Crippen LogP contribution is -2.41. The SMILES string of the molecule is CC(C)C(CNCc1c(Cl)cccc1Cl)N(C)C. The zero-order valence-electron chi connectivity index (χ0n) is 11.5. The summed E-state index contributed by atoms with van der Waals surface area (Å²) in [5.74, 6) is 0.606. The van der Waals surface area contributed by atoms with Crippen molar-refractivity contribution in [3.05, 3.63) is 33.8 Å². The standard InChI is InChI=1S/C14H22Cl2N2/c1-10(2)14(18(3)4)9-17-8-11-12(15)6-5-7-13(11)16/h5-7,10,14,17H,8-9H2,1-4H3. The van der Waals surface area contributed by atoms with Crippen molar-refractivity contribution in [1.82, 2.24) is 10.2 Å². The molecule has 1 N–H and O–H groups in total. The molecule has 0 radical (unpaired) electrons. The van der Waals surface area contributed by atoms with E-state index < -0.39 is 0 Å². The van der Waals surface area contributed by atoms with Crippen LogP contribution < -0.4 is 5.32 Å². The van der Waals surface area contributed by atoms with Crippen LogP contribution in [-0.4, -0.2) is 31.6 Å². The highest BCUT2D eigenvalue weighted by Gasteiger charge is 2.15. The number of nitrogens with zero attached hydrogens (tertiary/aromatic N) is 1. The van der Waals surface area contributed by atoms with E-state index in [1.54, 1.807) is 0 Å². The Morgan fingerprint density at radius 1 is 1.17 bits per heavy atom. The number of likely N-dealkylation sites (N-methyl/N-ethyl adjacent to an activating group) is 1. The minimum atomic E-state index is 0.506. The predicted molar refractivity (Wildman–Crippen MR) is 80.5 cm³/mol. The molecule has 0 saturated heterocycles. The molecule has 0 aliphatic carbocycles. The van der Waals surface area contributed by atoms with Gasteiger partial charge >= 0.3 is 0 Å². The summed E-state index contributed by atoms with van der Waals surface area (Å²) in [6.07, 6.45) is 0. The lowest BCUT2D eigenvalue weighted by molar-refractivity contribution is 0.224. The molecule has 102 valence electrons. The molecule has 0 spiro atoms. The van der Waals surface area contributed by atoms with E-state index in [0.29, 0.717) is 18.5 Å². The summed E-state index contributed by atoms with van der Waals surface area (Å²) >= 11 is 12.3. The monoisotopic (exact) mass is 288 g/mol. The molecule has 0 aromatic heterocycles. The van der Waals surface area contributed by atoms with Gasteiger partial charge in [0.05, 0.1) is 0 Å². The molecular formula is C14H22Cl2N2. The fourth-order valence-electron chi connectivity index (χ4n) is 2.06. The molecule has 0 aliphatic heterocycles. The van der Waals surface area contributed by atoms with Crippen LogP contribution in [0.25, 0.3) is 0 Å². The van der Waals surface area contributed by atoms with Gasteiger partial charge in [0.2, 0.25) is 0 Å². The molecule has 0 bridgehead atoms. The van der Waals surface area contributed by atoms with Crippen LogP contribution in [0, 0.1) is 5.92 Å². The van der Waals surface area contributed by atoms with Gasteiger partial charge in [0.25, 0.3) is 0 Å². The quantitative estimate of drug-likeness (QED) is 0.859. The smallest absolute Gasteiger partial charge is 0.0465 e. The zero-order chi connectivity index (χ0) is 13.7. The summed E-state index contributed by atoms with van der Waals surface area (Å²) in [6, 6.07) is 6.11. The number of benzene rings is 1. The van der Waals surface area contributed by atoms with Crippen LogP contribution >= 0.6 is 23.2 Å². The molecule has 0 aliphatic rings. The summed E-state index contributed by atoms with van der Waals surface area (Å²) in [6.45, 7) is 6.09. The van der Waals surface area contributed by atoms with E-state index in [4.69, 9.17) is 23.2 Å². The summed E-state index contributed by atoms with van der Waals surface area (Å²) in [5, 5.41) is 4.88. The van der Waals surface area contributed by atoms with Crippen LogP contribution in [-0.2, 0) is 6.54 Å². The predicted octanol–water partition coefficient (Wildman–Crippen LogP) is 3.67. The van der Waals surface area contributed by atoms with Gasteiger partial charge in [0.1, 0.15) is 0 Å². The topological polar surface area (TPSA) is 15.3 Å². The van der Waals surface area contributed by atoms with Crippen molar-refractivity contribution in [3.63, 3.8) is 0 Å². The van der Waals surface area contributed by atoms with Crippen molar-refractivity contribution in [2.75, 3.05) is 20.6 Å². The fraction of sp³-hybridized carbons (Fsp3) is 0.571. The second kappa shape index (κ2) is 7.34. The third kappa shape index (κ3) is 4.43. The zero-order valence-corrected chi connectivity index (χ0v) is 13.0. The highest BCUT2D eigenvalue weighted by Crippen LogP contribution is 2.23. The molecule has 18 heavy (non-hydrogen) atoms. The minimum Gasteiger partial charge on any atom is -0.311 e. The maximum Gasteiger partial charge on any atom is 0.0465 e. The van der Waals surface area contributed by atoms with E-state index in [9.17, 15) is 0 Å². The maximum atomic E-state index is 6.14. The van der Waals surface area contributed by atoms with Crippen LogP contribution in [0.3, 0.4) is 0 Å². The van der Waals surface area contributed by atoms with Crippen molar-refractivity contribution in [2.45, 2.75) is 26.4 Å². The minimum absolute atomic E-state index is 0.506. The summed E-state index contributed by atoms with van der Waals surface area (Å²) in [4.78, 5) is 2.24. The normalized spacial score (nSPS) is 13.3. The average molecular weight is 289 g/mol. The van der Waals surface area contributed by atoms with Crippen LogP contribution in [0.5, 0.6) is 0 Å². The molecule has 1 aromatic rings. The first-order valence-electron chi connectivity index (χ1n) is 6.23. The lowest BCUT2D eigenvalue weighted by atomic mass is 10.0. The Kier molecular flexibility index (Phi) is 6.44. The van der Waals surface area contributed by atoms with E-state index in [1.807, 2.05) is 18.2 Å². The number of nitrogens with one attached hydrogen (secondary N) is 1. The molecule has 0 saturated carbocycles. The van der Waals surface area contributed by atoms with E-state index >= 15 is 0 Å². The van der Waals surface area contributed by atoms with Crippen molar-refractivity contribution in [1.29, 1.82) is 0 Å². The Bertz CT molecular complexity index is 350. The maximum absolute atomic E-state index is 6.14. The second-order valence-electron chi connectivity index (χ2n) is 5.11. The van der Waals surface area contributed by atoms with E-state index in [1.165, 1.54) is 0 Å². The van der Waals surface area contributed by atoms with E-state index in [0.717, 1.165) is 22.2 Å². The van der Waals surface area contributed by atoms with Gasteiger partial charge in [-0.15, -0.1) is 0 Å². The van der Waals surface area contributed by atoms with Crippen molar-refractivity contribution in [3.8, 4) is 0 Å². The highest BCUT2D eigenvalue weighted by atomic mass is 35.5. The Morgan fingerprint density at radius 3 is 2.17 bits per heavy atom. The van der Waals surface area contributed by atoms with Gasteiger partial charge in [-0.05, 0) is 32.1 Å². The fourth-order valence-corrected chi connectivity index (χ4v) is 2.59. The van der Waals surface area contributed by atoms with Crippen LogP contribution in [0.2, 0.25) is 10.0 Å². The number of hydrogen-bond donors (Lipinski definition) is 1. The molecule has 4 heteroatoms. The lowest BCUT2D eigenvalue weighted by Gasteiger charge is -2.28. The highest BCUT2D eigenvalue weighted by molar-refractivity contribution is 6.35. The van der Waals surface area contributed by atoms with Crippen molar-refractivity contribution < 1.29 is 0 Å². The van der Waals surface area contributed by atoms with E-state index in [-0.39, 0.29) is 0 Å². The summed E-state index contributed by atoms with van der Waals surface area (Å²) in [5.41, 5.74) is 0.974. The van der Waals surface area contributed by atoms with Gasteiger partial charge in [-0.25, -0.2) is 0 Å². The average Bonchev–Trinajstić information content (AvgIpc) is 2.26. The number of hydrogen-bond acceptors (Lipinski definition) is 2. The molecule has 0 fully saturated rings. The summed E-state index contributed by atoms with van der Waals surface area (Å²) in [7, 11) is 4.21. The van der Waals surface area contributed by atoms with Crippen LogP contribution in [0.1, 0.15) is 19.4 Å². The number of rotatable bonds is 6. The molecule has 2 nitrogen and oxygen atoms in total.